The van der Waals surface area contributed by atoms with Crippen molar-refractivity contribution in [2.75, 3.05) is 0 Å². The third-order valence-corrected chi connectivity index (χ3v) is 2.94. The highest BCUT2D eigenvalue weighted by Crippen LogP contribution is 2.30. The third kappa shape index (κ3) is 7.17. The zero-order chi connectivity index (χ0) is 11.2. The van der Waals surface area contributed by atoms with Gasteiger partial charge in [0.2, 0.25) is 0 Å². The summed E-state index contributed by atoms with van der Waals surface area (Å²) in [7, 11) is 0. The molecule has 0 aliphatic heterocycles. The van der Waals surface area contributed by atoms with Crippen molar-refractivity contribution < 1.29 is 0 Å². The maximum Gasteiger partial charge on any atom is -0.0300 e. The second kappa shape index (κ2) is 6.27. The fourth-order valence-corrected chi connectivity index (χ4v) is 2.14. The molecule has 0 aromatic heterocycles. The van der Waals surface area contributed by atoms with Gasteiger partial charge in [-0.15, -0.1) is 6.58 Å². The molecule has 0 saturated carbocycles. The Labute approximate surface area is 90.8 Å². The van der Waals surface area contributed by atoms with Crippen LogP contribution < -0.4 is 0 Å². The predicted molar refractivity (Wildman–Crippen MR) is 66.5 cm³/mol. The van der Waals surface area contributed by atoms with E-state index in [0.29, 0.717) is 5.41 Å². The van der Waals surface area contributed by atoms with Gasteiger partial charge in [-0.3, -0.25) is 0 Å². The summed E-state index contributed by atoms with van der Waals surface area (Å²) in [5.74, 6) is 0.809. The Hall–Kier alpha value is -0.260. The van der Waals surface area contributed by atoms with Crippen LogP contribution in [0.25, 0.3) is 0 Å². The van der Waals surface area contributed by atoms with E-state index in [9.17, 15) is 0 Å². The summed E-state index contributed by atoms with van der Waals surface area (Å²) in [6.45, 7) is 15.5. The Balaban J connectivity index is 3.75. The van der Waals surface area contributed by atoms with Crippen LogP contribution in [0.1, 0.15) is 66.7 Å². The molecule has 0 heteroatoms. The summed E-state index contributed by atoms with van der Waals surface area (Å²) < 4.78 is 0. The summed E-state index contributed by atoms with van der Waals surface area (Å²) in [6, 6.07) is 0. The van der Waals surface area contributed by atoms with Gasteiger partial charge < -0.3 is 0 Å². The van der Waals surface area contributed by atoms with E-state index in [2.05, 4.69) is 41.2 Å². The Morgan fingerprint density at radius 2 is 1.86 bits per heavy atom. The Morgan fingerprint density at radius 1 is 1.29 bits per heavy atom. The lowest BCUT2D eigenvalue weighted by atomic mass is 9.80. The summed E-state index contributed by atoms with van der Waals surface area (Å²) in [5.41, 5.74) is 1.86. The van der Waals surface area contributed by atoms with Crippen LogP contribution in [-0.2, 0) is 0 Å². The molecule has 0 fully saturated rings. The summed E-state index contributed by atoms with van der Waals surface area (Å²) in [4.78, 5) is 0. The summed E-state index contributed by atoms with van der Waals surface area (Å²) in [6.07, 6.45) is 6.56. The first-order valence-electron chi connectivity index (χ1n) is 6.02. The zero-order valence-electron chi connectivity index (χ0n) is 10.8. The van der Waals surface area contributed by atoms with Crippen molar-refractivity contribution in [1.29, 1.82) is 0 Å². The molecule has 0 heterocycles. The van der Waals surface area contributed by atoms with Crippen molar-refractivity contribution in [3.05, 3.63) is 12.2 Å². The first-order valence-corrected chi connectivity index (χ1v) is 6.02. The molecule has 1 unspecified atom stereocenters. The number of hydrogen-bond acceptors (Lipinski definition) is 0. The molecule has 0 bridgehead atoms. The molecule has 0 amide bonds. The molecule has 1 atom stereocenters. The van der Waals surface area contributed by atoms with Crippen LogP contribution in [0.4, 0.5) is 0 Å². The first kappa shape index (κ1) is 13.7. The van der Waals surface area contributed by atoms with Gasteiger partial charge in [-0.2, -0.15) is 0 Å². The van der Waals surface area contributed by atoms with E-state index in [4.69, 9.17) is 0 Å². The molecule has 0 nitrogen and oxygen atoms in total. The highest BCUT2D eigenvalue weighted by Gasteiger charge is 2.17. The van der Waals surface area contributed by atoms with E-state index in [1.165, 1.54) is 37.7 Å². The molecule has 0 rings (SSSR count). The Kier molecular flexibility index (Phi) is 6.15. The maximum absolute atomic E-state index is 3.98. The number of hydrogen-bond donors (Lipinski definition) is 0. The fraction of sp³-hybridized carbons (Fsp3) is 0.857. The normalized spacial score (nSPS) is 14.1. The monoisotopic (exact) mass is 196 g/mol. The van der Waals surface area contributed by atoms with Gasteiger partial charge in [0.25, 0.3) is 0 Å². The average molecular weight is 196 g/mol. The minimum Gasteiger partial charge on any atom is -0.100 e. The molecule has 0 radical (unpaired) electrons. The second-order valence-electron chi connectivity index (χ2n) is 5.72. The van der Waals surface area contributed by atoms with Gasteiger partial charge in [0, 0.05) is 0 Å². The van der Waals surface area contributed by atoms with E-state index < -0.39 is 0 Å². The van der Waals surface area contributed by atoms with E-state index in [-0.39, 0.29) is 0 Å². The molecular weight excluding hydrogens is 168 g/mol. The van der Waals surface area contributed by atoms with E-state index in [0.717, 1.165) is 5.92 Å². The van der Waals surface area contributed by atoms with Crippen LogP contribution in [0, 0.1) is 11.3 Å². The molecule has 0 N–H and O–H groups in total. The van der Waals surface area contributed by atoms with Gasteiger partial charge >= 0.3 is 0 Å². The van der Waals surface area contributed by atoms with Crippen LogP contribution in [0.5, 0.6) is 0 Å². The quantitative estimate of drug-likeness (QED) is 0.491. The van der Waals surface area contributed by atoms with Crippen molar-refractivity contribution in [2.45, 2.75) is 66.7 Å². The molecule has 0 aliphatic carbocycles. The minimum absolute atomic E-state index is 0.540. The lowest BCUT2D eigenvalue weighted by Gasteiger charge is -2.25. The van der Waals surface area contributed by atoms with Crippen molar-refractivity contribution in [1.82, 2.24) is 0 Å². The molecule has 0 aliphatic rings. The Morgan fingerprint density at radius 3 is 2.29 bits per heavy atom. The summed E-state index contributed by atoms with van der Waals surface area (Å²) in [5, 5.41) is 0. The van der Waals surface area contributed by atoms with Crippen LogP contribution in [0.15, 0.2) is 12.2 Å². The zero-order valence-corrected chi connectivity index (χ0v) is 10.8. The molecule has 0 aromatic rings. The van der Waals surface area contributed by atoms with Gasteiger partial charge in [0.05, 0.1) is 0 Å². The number of allylic oxidation sites excluding steroid dienone is 1. The minimum atomic E-state index is 0.540. The van der Waals surface area contributed by atoms with Crippen molar-refractivity contribution in [3.63, 3.8) is 0 Å². The van der Waals surface area contributed by atoms with Crippen LogP contribution in [-0.4, -0.2) is 0 Å². The smallest absolute Gasteiger partial charge is 0.0300 e. The van der Waals surface area contributed by atoms with E-state index in [1.54, 1.807) is 0 Å². The first-order chi connectivity index (χ1) is 6.37. The third-order valence-electron chi connectivity index (χ3n) is 2.94. The lowest BCUT2D eigenvalue weighted by molar-refractivity contribution is 0.274. The molecule has 0 aromatic carbocycles. The topological polar surface area (TPSA) is 0 Å². The molecular formula is C14H28. The predicted octanol–water partition coefficient (Wildman–Crippen LogP) is 5.20. The van der Waals surface area contributed by atoms with Gasteiger partial charge in [-0.05, 0) is 43.9 Å². The Bertz CT molecular complexity index is 165. The largest absolute Gasteiger partial charge is 0.100 e. The van der Waals surface area contributed by atoms with Crippen LogP contribution >= 0.6 is 0 Å². The van der Waals surface area contributed by atoms with Crippen molar-refractivity contribution in [2.24, 2.45) is 11.3 Å². The number of rotatable bonds is 7. The maximum atomic E-state index is 3.98. The summed E-state index contributed by atoms with van der Waals surface area (Å²) >= 11 is 0. The van der Waals surface area contributed by atoms with E-state index in [1.807, 2.05) is 0 Å². The SMILES string of the molecule is C=C(C)CC(C)CCC(C)(C)CCC. The molecule has 0 saturated heterocycles. The van der Waals surface area contributed by atoms with Crippen molar-refractivity contribution >= 4 is 0 Å². The standard InChI is InChI=1S/C14H28/c1-7-9-14(5,6)10-8-13(4)11-12(2)3/h13H,2,7-11H2,1,3-6H3. The highest BCUT2D eigenvalue weighted by atomic mass is 14.2. The average Bonchev–Trinajstić information content (AvgIpc) is 2.00. The van der Waals surface area contributed by atoms with Gasteiger partial charge in [0.15, 0.2) is 0 Å². The van der Waals surface area contributed by atoms with Gasteiger partial charge in [-0.1, -0.05) is 39.7 Å². The van der Waals surface area contributed by atoms with Crippen molar-refractivity contribution in [3.8, 4) is 0 Å². The molecule has 14 heavy (non-hydrogen) atoms. The second-order valence-corrected chi connectivity index (χ2v) is 5.72. The molecule has 84 valence electrons. The molecule has 0 spiro atoms. The van der Waals surface area contributed by atoms with Gasteiger partial charge in [-0.25, -0.2) is 0 Å². The van der Waals surface area contributed by atoms with Crippen LogP contribution in [0.3, 0.4) is 0 Å². The fourth-order valence-electron chi connectivity index (χ4n) is 2.14. The highest BCUT2D eigenvalue weighted by molar-refractivity contribution is 4.89. The van der Waals surface area contributed by atoms with Gasteiger partial charge in [0.1, 0.15) is 0 Å². The van der Waals surface area contributed by atoms with Crippen LogP contribution in [0.2, 0.25) is 0 Å². The van der Waals surface area contributed by atoms with E-state index >= 15 is 0 Å². The lowest BCUT2D eigenvalue weighted by Crippen LogP contribution is -2.12.